The molecule has 26 heavy (non-hydrogen) atoms. The van der Waals surface area contributed by atoms with Gasteiger partial charge in [-0.2, -0.15) is 0 Å². The molecule has 0 spiro atoms. The molecule has 2 fully saturated rings. The highest BCUT2D eigenvalue weighted by Gasteiger charge is 2.26. The van der Waals surface area contributed by atoms with E-state index in [1.54, 1.807) is 0 Å². The third-order valence-electron chi connectivity index (χ3n) is 6.14. The van der Waals surface area contributed by atoms with Gasteiger partial charge in [-0.3, -0.25) is 4.90 Å². The lowest BCUT2D eigenvalue weighted by atomic mass is 9.83. The van der Waals surface area contributed by atoms with E-state index in [1.807, 2.05) is 4.90 Å². The largest absolute Gasteiger partial charge is 0.377 e. The van der Waals surface area contributed by atoms with Crippen LogP contribution in [-0.2, 0) is 11.2 Å². The molecule has 2 heterocycles. The van der Waals surface area contributed by atoms with Crippen molar-refractivity contribution in [2.75, 3.05) is 45.9 Å². The van der Waals surface area contributed by atoms with Gasteiger partial charge < -0.3 is 15.0 Å². The number of hydrogen-bond donors (Lipinski definition) is 1. The zero-order valence-corrected chi connectivity index (χ0v) is 15.7. The number of ether oxygens (including phenoxy) is 1. The highest BCUT2D eigenvalue weighted by molar-refractivity contribution is 5.74. The summed E-state index contributed by atoms with van der Waals surface area (Å²) in [5, 5.41) is 3.19. The zero-order valence-electron chi connectivity index (χ0n) is 15.7. The monoisotopic (exact) mass is 357 g/mol. The van der Waals surface area contributed by atoms with E-state index in [4.69, 9.17) is 4.74 Å². The minimum Gasteiger partial charge on any atom is -0.377 e. The molecule has 1 aromatic rings. The Labute approximate surface area is 156 Å². The maximum atomic E-state index is 12.6. The van der Waals surface area contributed by atoms with Gasteiger partial charge in [0.1, 0.15) is 0 Å². The summed E-state index contributed by atoms with van der Waals surface area (Å²) in [5.41, 5.74) is 2.89. The molecular formula is C21H31N3O2. The zero-order chi connectivity index (χ0) is 17.8. The van der Waals surface area contributed by atoms with Gasteiger partial charge in [-0.25, -0.2) is 4.79 Å². The first-order chi connectivity index (χ1) is 12.8. The number of nitrogens with one attached hydrogen (secondary N) is 1. The molecule has 4 rings (SSSR count). The number of aryl methyl sites for hydroxylation is 1. The Bertz CT molecular complexity index is 607. The van der Waals surface area contributed by atoms with Crippen LogP contribution in [0.2, 0.25) is 0 Å². The molecule has 2 saturated heterocycles. The van der Waals surface area contributed by atoms with E-state index in [2.05, 4.69) is 34.5 Å². The van der Waals surface area contributed by atoms with Gasteiger partial charge in [0.2, 0.25) is 0 Å². The van der Waals surface area contributed by atoms with Crippen molar-refractivity contribution in [2.24, 2.45) is 0 Å². The maximum absolute atomic E-state index is 12.6. The van der Waals surface area contributed by atoms with Crippen molar-refractivity contribution in [1.29, 1.82) is 0 Å². The molecule has 2 atom stereocenters. The Morgan fingerprint density at radius 3 is 2.77 bits per heavy atom. The number of piperazine rings is 1. The topological polar surface area (TPSA) is 44.8 Å². The van der Waals surface area contributed by atoms with Crippen molar-refractivity contribution in [3.05, 3.63) is 35.4 Å². The summed E-state index contributed by atoms with van der Waals surface area (Å²) in [6.45, 7) is 6.25. The summed E-state index contributed by atoms with van der Waals surface area (Å²) in [4.78, 5) is 17.0. The molecule has 5 heteroatoms. The van der Waals surface area contributed by atoms with E-state index in [9.17, 15) is 4.79 Å². The van der Waals surface area contributed by atoms with Crippen molar-refractivity contribution in [3.63, 3.8) is 0 Å². The minimum absolute atomic E-state index is 0.102. The summed E-state index contributed by atoms with van der Waals surface area (Å²) in [6, 6.07) is 8.80. The lowest BCUT2D eigenvalue weighted by molar-refractivity contribution is 0.0561. The average Bonchev–Trinajstić information content (AvgIpc) is 3.19. The van der Waals surface area contributed by atoms with Crippen LogP contribution in [0.5, 0.6) is 0 Å². The Balaban J connectivity index is 1.22. The van der Waals surface area contributed by atoms with Crippen LogP contribution in [0.1, 0.15) is 42.7 Å². The molecule has 0 saturated carbocycles. The molecule has 1 N–H and O–H groups in total. The summed E-state index contributed by atoms with van der Waals surface area (Å²) in [7, 11) is 0. The van der Waals surface area contributed by atoms with Crippen molar-refractivity contribution in [3.8, 4) is 0 Å². The quantitative estimate of drug-likeness (QED) is 0.901. The van der Waals surface area contributed by atoms with Gasteiger partial charge in [0.25, 0.3) is 0 Å². The molecule has 0 bridgehead atoms. The van der Waals surface area contributed by atoms with E-state index in [-0.39, 0.29) is 6.03 Å². The van der Waals surface area contributed by atoms with Crippen LogP contribution in [-0.4, -0.2) is 67.8 Å². The Morgan fingerprint density at radius 1 is 1.12 bits per heavy atom. The number of hydrogen-bond acceptors (Lipinski definition) is 3. The van der Waals surface area contributed by atoms with Gasteiger partial charge in [0.05, 0.1) is 6.10 Å². The van der Waals surface area contributed by atoms with Gasteiger partial charge in [0.15, 0.2) is 0 Å². The fourth-order valence-electron chi connectivity index (χ4n) is 4.60. The third kappa shape index (κ3) is 4.21. The van der Waals surface area contributed by atoms with Crippen LogP contribution in [0.3, 0.4) is 0 Å². The van der Waals surface area contributed by atoms with Crippen molar-refractivity contribution >= 4 is 6.03 Å². The maximum Gasteiger partial charge on any atom is 0.317 e. The van der Waals surface area contributed by atoms with Gasteiger partial charge in [-0.05, 0) is 43.2 Å². The SMILES string of the molecule is O=C(NCC1CCCc2ccccc21)N1CCN(CC2CCCO2)CC1. The molecule has 1 aromatic carbocycles. The second kappa shape index (κ2) is 8.40. The van der Waals surface area contributed by atoms with Crippen LogP contribution in [0, 0.1) is 0 Å². The number of amides is 2. The Morgan fingerprint density at radius 2 is 1.96 bits per heavy atom. The van der Waals surface area contributed by atoms with Crippen molar-refractivity contribution < 1.29 is 9.53 Å². The van der Waals surface area contributed by atoms with Crippen LogP contribution < -0.4 is 5.32 Å². The first-order valence-corrected chi connectivity index (χ1v) is 10.2. The Kier molecular flexibility index (Phi) is 5.75. The number of urea groups is 1. The predicted molar refractivity (Wildman–Crippen MR) is 103 cm³/mol. The lowest BCUT2D eigenvalue weighted by Gasteiger charge is -2.36. The Hall–Kier alpha value is -1.59. The second-order valence-corrected chi connectivity index (χ2v) is 7.90. The lowest BCUT2D eigenvalue weighted by Crippen LogP contribution is -2.53. The molecular weight excluding hydrogens is 326 g/mol. The number of carbonyl (C=O) groups is 1. The molecule has 5 nitrogen and oxygen atoms in total. The summed E-state index contributed by atoms with van der Waals surface area (Å²) >= 11 is 0. The predicted octanol–water partition coefficient (Wildman–Crippen LogP) is 2.61. The second-order valence-electron chi connectivity index (χ2n) is 7.90. The minimum atomic E-state index is 0.102. The van der Waals surface area contributed by atoms with E-state index < -0.39 is 0 Å². The number of fused-ring (bicyclic) bond motifs is 1. The van der Waals surface area contributed by atoms with Crippen molar-refractivity contribution in [1.82, 2.24) is 15.1 Å². The molecule has 1 aliphatic carbocycles. The van der Waals surface area contributed by atoms with Crippen LogP contribution in [0.4, 0.5) is 4.79 Å². The van der Waals surface area contributed by atoms with Crippen LogP contribution in [0.15, 0.2) is 24.3 Å². The van der Waals surface area contributed by atoms with Crippen molar-refractivity contribution in [2.45, 2.75) is 44.1 Å². The highest BCUT2D eigenvalue weighted by atomic mass is 16.5. The highest BCUT2D eigenvalue weighted by Crippen LogP contribution is 2.30. The summed E-state index contributed by atoms with van der Waals surface area (Å²) < 4.78 is 5.73. The van der Waals surface area contributed by atoms with E-state index in [1.165, 1.54) is 43.2 Å². The van der Waals surface area contributed by atoms with E-state index >= 15 is 0 Å². The van der Waals surface area contributed by atoms with Gasteiger partial charge in [0, 0.05) is 51.8 Å². The normalized spacial score (nSPS) is 26.5. The molecule has 3 aliphatic rings. The van der Waals surface area contributed by atoms with Crippen LogP contribution in [0.25, 0.3) is 0 Å². The molecule has 2 aliphatic heterocycles. The molecule has 2 amide bonds. The fraction of sp³-hybridized carbons (Fsp3) is 0.667. The smallest absolute Gasteiger partial charge is 0.317 e. The molecule has 0 radical (unpaired) electrons. The number of rotatable bonds is 4. The number of benzene rings is 1. The van der Waals surface area contributed by atoms with Gasteiger partial charge >= 0.3 is 6.03 Å². The van der Waals surface area contributed by atoms with E-state index in [0.29, 0.717) is 12.0 Å². The first kappa shape index (κ1) is 17.8. The standard InChI is InChI=1S/C21H31N3O2/c25-21(22-15-18-7-3-6-17-5-1-2-9-20(17)18)24-12-10-23(11-13-24)16-19-8-4-14-26-19/h1-2,5,9,18-19H,3-4,6-8,10-16H2,(H,22,25). The number of carbonyl (C=O) groups excluding carboxylic acids is 1. The first-order valence-electron chi connectivity index (χ1n) is 10.2. The van der Waals surface area contributed by atoms with Gasteiger partial charge in [-0.1, -0.05) is 24.3 Å². The summed E-state index contributed by atoms with van der Waals surface area (Å²) in [5.74, 6) is 0.463. The van der Waals surface area contributed by atoms with Gasteiger partial charge in [-0.15, -0.1) is 0 Å². The summed E-state index contributed by atoms with van der Waals surface area (Å²) in [6.07, 6.45) is 6.35. The number of nitrogens with zero attached hydrogens (tertiary/aromatic N) is 2. The molecule has 142 valence electrons. The third-order valence-corrected chi connectivity index (χ3v) is 6.14. The molecule has 2 unspecified atom stereocenters. The van der Waals surface area contributed by atoms with E-state index in [0.717, 1.165) is 45.9 Å². The average molecular weight is 357 g/mol. The van der Waals surface area contributed by atoms with Crippen LogP contribution >= 0.6 is 0 Å². The molecule has 0 aromatic heterocycles. The fourth-order valence-corrected chi connectivity index (χ4v) is 4.60.